The van der Waals surface area contributed by atoms with Crippen molar-refractivity contribution in [1.82, 2.24) is 10.3 Å². The smallest absolute Gasteiger partial charge is 0.237 e. The average molecular weight is 299 g/mol. The lowest BCUT2D eigenvalue weighted by Crippen LogP contribution is -2.53. The maximum absolute atomic E-state index is 12.4. The van der Waals surface area contributed by atoms with Crippen molar-refractivity contribution in [1.29, 1.82) is 0 Å². The highest BCUT2D eigenvalue weighted by atomic mass is 16.2. The molecule has 0 radical (unpaired) electrons. The monoisotopic (exact) mass is 299 g/mol. The second-order valence-electron chi connectivity index (χ2n) is 6.78. The van der Waals surface area contributed by atoms with Crippen molar-refractivity contribution in [2.45, 2.75) is 57.0 Å². The van der Waals surface area contributed by atoms with Crippen molar-refractivity contribution in [2.75, 3.05) is 0 Å². The second-order valence-corrected chi connectivity index (χ2v) is 6.78. The summed E-state index contributed by atoms with van der Waals surface area (Å²) in [7, 11) is 0. The molecule has 118 valence electrons. The predicted molar refractivity (Wildman–Crippen MR) is 89.6 cm³/mol. The van der Waals surface area contributed by atoms with Crippen molar-refractivity contribution < 1.29 is 4.79 Å². The predicted octanol–water partition coefficient (Wildman–Crippen LogP) is 2.88. The summed E-state index contributed by atoms with van der Waals surface area (Å²) in [5.41, 5.74) is 8.26. The largest absolute Gasteiger partial charge is 0.361 e. The minimum atomic E-state index is -0.502. The number of para-hydroxylation sites is 1. The van der Waals surface area contributed by atoms with Crippen molar-refractivity contribution >= 4 is 16.8 Å². The number of fused-ring (bicyclic) bond motifs is 1. The fraction of sp³-hybridized carbons (Fsp3) is 0.500. The van der Waals surface area contributed by atoms with Gasteiger partial charge in [0.05, 0.1) is 6.04 Å². The van der Waals surface area contributed by atoms with Gasteiger partial charge >= 0.3 is 0 Å². The summed E-state index contributed by atoms with van der Waals surface area (Å²) >= 11 is 0. The first kappa shape index (κ1) is 15.1. The van der Waals surface area contributed by atoms with Gasteiger partial charge in [0, 0.05) is 22.6 Å². The van der Waals surface area contributed by atoms with Gasteiger partial charge in [0.15, 0.2) is 0 Å². The summed E-state index contributed by atoms with van der Waals surface area (Å²) in [6, 6.07) is 7.60. The van der Waals surface area contributed by atoms with Crippen LogP contribution in [0.1, 0.15) is 44.6 Å². The number of rotatable bonds is 4. The van der Waals surface area contributed by atoms with Crippen molar-refractivity contribution in [3.05, 3.63) is 36.0 Å². The first-order chi connectivity index (χ1) is 10.6. The van der Waals surface area contributed by atoms with Gasteiger partial charge in [0.2, 0.25) is 5.91 Å². The molecular weight excluding hydrogens is 274 g/mol. The number of nitrogens with one attached hydrogen (secondary N) is 2. The fourth-order valence-corrected chi connectivity index (χ4v) is 3.48. The van der Waals surface area contributed by atoms with Gasteiger partial charge in [-0.3, -0.25) is 4.79 Å². The number of H-pyrrole nitrogens is 1. The number of nitrogens with two attached hydrogens (primary N) is 1. The topological polar surface area (TPSA) is 70.9 Å². The zero-order valence-corrected chi connectivity index (χ0v) is 13.2. The van der Waals surface area contributed by atoms with Gasteiger partial charge in [-0.15, -0.1) is 0 Å². The van der Waals surface area contributed by atoms with E-state index in [1.807, 2.05) is 24.4 Å². The Hall–Kier alpha value is -1.81. The Morgan fingerprint density at radius 3 is 2.82 bits per heavy atom. The molecule has 2 aromatic rings. The summed E-state index contributed by atoms with van der Waals surface area (Å²) in [6.07, 6.45) is 8.28. The van der Waals surface area contributed by atoms with Crippen LogP contribution in [0.4, 0.5) is 0 Å². The molecule has 3 rings (SSSR count). The van der Waals surface area contributed by atoms with Crippen molar-refractivity contribution in [3.8, 4) is 0 Å². The number of aromatic amines is 1. The molecule has 4 heteroatoms. The van der Waals surface area contributed by atoms with Crippen molar-refractivity contribution in [3.63, 3.8) is 0 Å². The number of carbonyl (C=O) groups excluding carboxylic acids is 1. The van der Waals surface area contributed by atoms with E-state index >= 15 is 0 Å². The molecule has 0 spiro atoms. The van der Waals surface area contributed by atoms with E-state index in [1.165, 1.54) is 19.3 Å². The highest BCUT2D eigenvalue weighted by Crippen LogP contribution is 2.27. The van der Waals surface area contributed by atoms with Crippen LogP contribution in [0.25, 0.3) is 10.9 Å². The summed E-state index contributed by atoms with van der Waals surface area (Å²) in [5, 5.41) is 4.33. The molecule has 1 aliphatic rings. The number of hydrogen-bond acceptors (Lipinski definition) is 2. The maximum Gasteiger partial charge on any atom is 0.237 e. The van der Waals surface area contributed by atoms with Gasteiger partial charge in [-0.1, -0.05) is 37.5 Å². The Morgan fingerprint density at radius 2 is 2.05 bits per heavy atom. The Balaban J connectivity index is 1.66. The van der Waals surface area contributed by atoms with Crippen LogP contribution in [0, 0.1) is 0 Å². The summed E-state index contributed by atoms with van der Waals surface area (Å²) in [6.45, 7) is 2.14. The molecule has 0 saturated heterocycles. The lowest BCUT2D eigenvalue weighted by molar-refractivity contribution is -0.124. The number of aromatic nitrogens is 1. The zero-order chi connectivity index (χ0) is 15.6. The first-order valence-electron chi connectivity index (χ1n) is 8.20. The minimum Gasteiger partial charge on any atom is -0.361 e. The molecule has 1 atom stereocenters. The molecule has 4 N–H and O–H groups in total. The van der Waals surface area contributed by atoms with E-state index in [4.69, 9.17) is 5.73 Å². The van der Waals surface area contributed by atoms with Crippen LogP contribution in [-0.4, -0.2) is 22.5 Å². The Morgan fingerprint density at radius 1 is 1.32 bits per heavy atom. The second kappa shape index (κ2) is 6.13. The van der Waals surface area contributed by atoms with Gasteiger partial charge in [-0.05, 0) is 37.8 Å². The standard InChI is InChI=1S/C18H25N3O/c1-18(9-5-2-6-10-18)21-17(22)15(19)11-13-12-20-16-8-4-3-7-14(13)16/h3-4,7-8,12,15,20H,2,5-6,9-11,19H2,1H3,(H,21,22)/t15-/m1/s1. The maximum atomic E-state index is 12.4. The minimum absolute atomic E-state index is 0.0327. The first-order valence-corrected chi connectivity index (χ1v) is 8.20. The molecule has 1 aromatic heterocycles. The number of carbonyl (C=O) groups is 1. The highest BCUT2D eigenvalue weighted by Gasteiger charge is 2.30. The van der Waals surface area contributed by atoms with Gasteiger partial charge in [-0.2, -0.15) is 0 Å². The van der Waals surface area contributed by atoms with Crippen molar-refractivity contribution in [2.24, 2.45) is 5.73 Å². The number of hydrogen-bond donors (Lipinski definition) is 3. The van der Waals surface area contributed by atoms with E-state index < -0.39 is 6.04 Å². The molecule has 1 amide bonds. The molecule has 0 aliphatic heterocycles. The fourth-order valence-electron chi connectivity index (χ4n) is 3.48. The van der Waals surface area contributed by atoms with Crippen LogP contribution in [0.2, 0.25) is 0 Å². The molecule has 1 fully saturated rings. The van der Waals surface area contributed by atoms with Gasteiger partial charge < -0.3 is 16.0 Å². The van der Waals surface area contributed by atoms with E-state index in [1.54, 1.807) is 0 Å². The van der Waals surface area contributed by atoms with Gasteiger partial charge in [0.1, 0.15) is 0 Å². The molecule has 0 bridgehead atoms. The lowest BCUT2D eigenvalue weighted by Gasteiger charge is -2.35. The van der Waals surface area contributed by atoms with Crippen LogP contribution in [0.15, 0.2) is 30.5 Å². The Bertz CT molecular complexity index is 655. The molecular formula is C18H25N3O. The van der Waals surface area contributed by atoms with Crippen LogP contribution in [0.3, 0.4) is 0 Å². The average Bonchev–Trinajstić information content (AvgIpc) is 2.91. The van der Waals surface area contributed by atoms with Gasteiger partial charge in [-0.25, -0.2) is 0 Å². The third-order valence-electron chi connectivity index (χ3n) is 4.83. The third kappa shape index (κ3) is 3.17. The molecule has 1 aliphatic carbocycles. The van der Waals surface area contributed by atoms with Crippen LogP contribution >= 0.6 is 0 Å². The Kier molecular flexibility index (Phi) is 4.21. The SMILES string of the molecule is CC1(NC(=O)[C@H](N)Cc2c[nH]c3ccccc23)CCCCC1. The number of amides is 1. The van der Waals surface area contributed by atoms with Gasteiger partial charge in [0.25, 0.3) is 0 Å². The van der Waals surface area contributed by atoms with E-state index in [9.17, 15) is 4.79 Å². The molecule has 22 heavy (non-hydrogen) atoms. The van der Waals surface area contributed by atoms with E-state index in [0.717, 1.165) is 29.3 Å². The van der Waals surface area contributed by atoms with E-state index in [0.29, 0.717) is 6.42 Å². The van der Waals surface area contributed by atoms with Crippen LogP contribution in [0.5, 0.6) is 0 Å². The summed E-state index contributed by atoms with van der Waals surface area (Å²) in [5.74, 6) is -0.0327. The highest BCUT2D eigenvalue weighted by molar-refractivity contribution is 5.86. The molecule has 1 aromatic carbocycles. The number of benzene rings is 1. The quantitative estimate of drug-likeness (QED) is 0.812. The lowest BCUT2D eigenvalue weighted by atomic mass is 9.83. The summed E-state index contributed by atoms with van der Waals surface area (Å²) < 4.78 is 0. The van der Waals surface area contributed by atoms with Crippen LogP contribution in [-0.2, 0) is 11.2 Å². The molecule has 4 nitrogen and oxygen atoms in total. The molecule has 0 unspecified atom stereocenters. The van der Waals surface area contributed by atoms with E-state index in [2.05, 4.69) is 23.3 Å². The van der Waals surface area contributed by atoms with Crippen LogP contribution < -0.4 is 11.1 Å². The normalized spacial score (nSPS) is 19.0. The Labute approximate surface area is 131 Å². The summed E-state index contributed by atoms with van der Waals surface area (Å²) in [4.78, 5) is 15.7. The molecule has 1 heterocycles. The molecule has 1 saturated carbocycles. The third-order valence-corrected chi connectivity index (χ3v) is 4.83. The van der Waals surface area contributed by atoms with E-state index in [-0.39, 0.29) is 11.4 Å². The zero-order valence-electron chi connectivity index (χ0n) is 13.2.